The van der Waals surface area contributed by atoms with Crippen molar-refractivity contribution in [2.24, 2.45) is 10.8 Å². The van der Waals surface area contributed by atoms with Gasteiger partial charge in [0.2, 0.25) is 0 Å². The summed E-state index contributed by atoms with van der Waals surface area (Å²) in [6.45, 7) is 17.3. The average molecular weight is 285 g/mol. The molecule has 0 spiro atoms. The van der Waals surface area contributed by atoms with Gasteiger partial charge in [0.25, 0.3) is 0 Å². The Labute approximate surface area is 126 Å². The van der Waals surface area contributed by atoms with Gasteiger partial charge in [-0.05, 0) is 10.8 Å². The smallest absolute Gasteiger partial charge is 0 e. The first kappa shape index (κ1) is 29.7. The van der Waals surface area contributed by atoms with E-state index in [0.29, 0.717) is 10.8 Å². The number of allylic oxidation sites excluding steroid dienone is 2. The van der Waals surface area contributed by atoms with Crippen LogP contribution in [0, 0.1) is 18.3 Å². The molecule has 0 heterocycles. The van der Waals surface area contributed by atoms with E-state index >= 15 is 0 Å². The van der Waals surface area contributed by atoms with Crippen molar-refractivity contribution >= 4 is 8.41 Å². The molecule has 4 radical (unpaired) electrons. The Bertz CT molecular complexity index is 110. The van der Waals surface area contributed by atoms with Gasteiger partial charge in [-0.1, -0.05) is 67.5 Å². The van der Waals surface area contributed by atoms with E-state index in [4.69, 9.17) is 0 Å². The Morgan fingerprint density at radius 2 is 0.800 bits per heavy atom. The fourth-order valence-corrected chi connectivity index (χ4v) is 0.500. The zero-order valence-electron chi connectivity index (χ0n) is 12.3. The molecule has 0 aromatic carbocycles. The minimum Gasteiger partial charge on any atom is -0.358 e. The van der Waals surface area contributed by atoms with E-state index in [9.17, 15) is 0 Å². The Morgan fingerprint density at radius 3 is 0.867 bits per heavy atom. The summed E-state index contributed by atoms with van der Waals surface area (Å²) >= 11 is 0. The molecule has 0 aliphatic carbocycles. The largest absolute Gasteiger partial charge is 0.358 e. The number of hydrogen-bond donors (Lipinski definition) is 0. The summed E-state index contributed by atoms with van der Waals surface area (Å²) in [4.78, 5) is 0. The fourth-order valence-electron chi connectivity index (χ4n) is 0.500. The minimum absolute atomic E-state index is 0. The van der Waals surface area contributed by atoms with E-state index in [2.05, 4.69) is 53.7 Å². The summed E-state index contributed by atoms with van der Waals surface area (Å²) in [5.41, 5.74) is 0.653. The summed E-state index contributed by atoms with van der Waals surface area (Å²) < 4.78 is 0. The molecule has 0 aromatic heterocycles. The van der Waals surface area contributed by atoms with Crippen molar-refractivity contribution in [3.8, 4) is 0 Å². The second-order valence-corrected chi connectivity index (χ2v) is 5.07. The number of hydrogen-bond acceptors (Lipinski definition) is 0. The molecule has 0 amide bonds. The van der Waals surface area contributed by atoms with Crippen LogP contribution in [0.25, 0.3) is 0 Å². The summed E-state index contributed by atoms with van der Waals surface area (Å²) in [5.74, 6) is 0. The van der Waals surface area contributed by atoms with Crippen molar-refractivity contribution in [1.82, 2.24) is 0 Å². The maximum atomic E-state index is 2.27. The molecule has 0 aromatic rings. The Kier molecular flexibility index (Phi) is 25.7. The Hall–Kier alpha value is 0.909. The van der Waals surface area contributed by atoms with Gasteiger partial charge in [-0.2, -0.15) is 0 Å². The van der Waals surface area contributed by atoms with Crippen LogP contribution in [0.3, 0.4) is 0 Å². The van der Waals surface area contributed by atoms with Crippen LogP contribution in [0.1, 0.15) is 55.4 Å². The minimum atomic E-state index is 0. The van der Waals surface area contributed by atoms with Gasteiger partial charge in [-0.25, -0.2) is 0 Å². The first-order valence-electron chi connectivity index (χ1n) is 4.91. The van der Waals surface area contributed by atoms with Crippen molar-refractivity contribution in [3.05, 3.63) is 19.6 Å². The van der Waals surface area contributed by atoms with Gasteiger partial charge in [0.05, 0.1) is 0 Å². The second kappa shape index (κ2) is 13.0. The first-order valence-corrected chi connectivity index (χ1v) is 4.91. The molecule has 0 saturated heterocycles. The molecule has 0 rings (SSSR count). The molecule has 0 N–H and O–H groups in total. The van der Waals surface area contributed by atoms with Crippen LogP contribution in [0.15, 0.2) is 12.2 Å². The van der Waals surface area contributed by atoms with E-state index in [1.807, 2.05) is 13.8 Å². The third kappa shape index (κ3) is 39.7. The monoisotopic (exact) mass is 285 g/mol. The second-order valence-electron chi connectivity index (χ2n) is 5.07. The SMILES string of the molecule is CC.CC(C)(C)/C=C\C(C)(C)C.[B].[CH3-].[Y]. The summed E-state index contributed by atoms with van der Waals surface area (Å²) in [6, 6.07) is 0. The molecule has 0 nitrogen and oxygen atoms in total. The van der Waals surface area contributed by atoms with Gasteiger partial charge in [-0.15, -0.1) is 0 Å². The van der Waals surface area contributed by atoms with Crippen LogP contribution in [0.4, 0.5) is 0 Å². The van der Waals surface area contributed by atoms with Crippen molar-refractivity contribution in [1.29, 1.82) is 0 Å². The van der Waals surface area contributed by atoms with Crippen LogP contribution in [0.2, 0.25) is 0 Å². The zero-order chi connectivity index (χ0) is 10.4. The van der Waals surface area contributed by atoms with Crippen LogP contribution in [-0.4, -0.2) is 8.41 Å². The third-order valence-corrected chi connectivity index (χ3v) is 1.08. The van der Waals surface area contributed by atoms with Crippen molar-refractivity contribution < 1.29 is 32.7 Å². The van der Waals surface area contributed by atoms with Crippen LogP contribution in [0.5, 0.6) is 0 Å². The molecule has 0 aliphatic heterocycles. The van der Waals surface area contributed by atoms with Gasteiger partial charge in [0.1, 0.15) is 0 Å². The fraction of sp³-hybridized carbons (Fsp3) is 0.769. The zero-order valence-corrected chi connectivity index (χ0v) is 15.1. The topological polar surface area (TPSA) is 0 Å². The predicted octanol–water partition coefficient (Wildman–Crippen LogP) is 4.73. The molecule has 0 aliphatic rings. The van der Waals surface area contributed by atoms with Gasteiger partial charge >= 0.3 is 0 Å². The van der Waals surface area contributed by atoms with E-state index in [1.54, 1.807) is 0 Å². The van der Waals surface area contributed by atoms with Crippen LogP contribution in [-0.2, 0) is 32.7 Å². The molecule has 0 fully saturated rings. The molecular formula is C13H29BY-. The molecule has 0 atom stereocenters. The normalized spacial score (nSPS) is 10.1. The maximum absolute atomic E-state index is 2.27. The predicted molar refractivity (Wildman–Crippen MR) is 71.6 cm³/mol. The molecular weight excluding hydrogens is 256 g/mol. The molecule has 88 valence electrons. The molecule has 2 heteroatoms. The first-order chi connectivity index (χ1) is 5.21. The molecule has 0 unspecified atom stereocenters. The summed E-state index contributed by atoms with van der Waals surface area (Å²) in [5, 5.41) is 0. The van der Waals surface area contributed by atoms with Gasteiger partial charge in [0.15, 0.2) is 0 Å². The van der Waals surface area contributed by atoms with Gasteiger partial charge < -0.3 is 7.43 Å². The summed E-state index contributed by atoms with van der Waals surface area (Å²) in [6.07, 6.45) is 4.54. The van der Waals surface area contributed by atoms with Crippen molar-refractivity contribution in [2.45, 2.75) is 55.4 Å². The van der Waals surface area contributed by atoms with E-state index in [-0.39, 0.29) is 48.5 Å². The van der Waals surface area contributed by atoms with E-state index in [0.717, 1.165) is 0 Å². The standard InChI is InChI=1S/C10H20.C2H6.CH3.B.Y/c1-9(2,3)7-8-10(4,5)6;1-2;;;/h7-8H,1-6H3;1-2H3;1H3;;/q;;-1;;/b8-7-;;;;. The van der Waals surface area contributed by atoms with Crippen molar-refractivity contribution in [2.75, 3.05) is 0 Å². The third-order valence-electron chi connectivity index (χ3n) is 1.08. The van der Waals surface area contributed by atoms with Crippen molar-refractivity contribution in [3.63, 3.8) is 0 Å². The van der Waals surface area contributed by atoms with E-state index < -0.39 is 0 Å². The average Bonchev–Trinajstić information content (AvgIpc) is 1.86. The molecule has 15 heavy (non-hydrogen) atoms. The molecule has 0 saturated carbocycles. The molecule has 0 bridgehead atoms. The quantitative estimate of drug-likeness (QED) is 0.343. The van der Waals surface area contributed by atoms with Gasteiger partial charge in [-0.3, -0.25) is 0 Å². The number of rotatable bonds is 0. The van der Waals surface area contributed by atoms with Gasteiger partial charge in [0, 0.05) is 41.1 Å². The maximum Gasteiger partial charge on any atom is 0 e. The Morgan fingerprint density at radius 1 is 0.667 bits per heavy atom. The van der Waals surface area contributed by atoms with E-state index in [1.165, 1.54) is 0 Å². The Balaban J connectivity index is -0.0000000626. The van der Waals surface area contributed by atoms with Crippen LogP contribution < -0.4 is 0 Å². The summed E-state index contributed by atoms with van der Waals surface area (Å²) in [7, 11) is 0. The van der Waals surface area contributed by atoms with Crippen LogP contribution >= 0.6 is 0 Å².